The van der Waals surface area contributed by atoms with Crippen molar-refractivity contribution in [3.05, 3.63) is 0 Å². The molecule has 0 aromatic heterocycles. The van der Waals surface area contributed by atoms with E-state index in [1.807, 2.05) is 0 Å². The molecule has 0 unspecified atom stereocenters. The molecule has 78 heteroatoms. The van der Waals surface area contributed by atoms with Crippen molar-refractivity contribution in [2.24, 2.45) is 5.73 Å². The molecule has 8 fully saturated rings. The number of ether oxygens (including phenoxy) is 16. The molecule has 0 amide bonds. The van der Waals surface area contributed by atoms with Crippen molar-refractivity contribution in [1.29, 1.82) is 0 Å². The molecule has 8 heterocycles. The van der Waals surface area contributed by atoms with Crippen LogP contribution in [0, 0.1) is 0 Å². The molecule has 0 saturated carbocycles. The average molecular weight is 2090 g/mol. The van der Waals surface area contributed by atoms with Gasteiger partial charge in [-0.15, -0.1) is 0 Å². The molecule has 0 spiro atoms. The second-order valence-electron chi connectivity index (χ2n) is 28.7. The van der Waals surface area contributed by atoms with Crippen LogP contribution in [0.15, 0.2) is 0 Å². The van der Waals surface area contributed by atoms with E-state index in [1.165, 1.54) is 18.9 Å². The van der Waals surface area contributed by atoms with Gasteiger partial charge in [-0.05, 0) is 25.8 Å². The lowest BCUT2D eigenvalue weighted by Gasteiger charge is -2.50. The van der Waals surface area contributed by atoms with Crippen LogP contribution < -0.4 is 24.6 Å². The molecule has 131 heavy (non-hydrogen) atoms. The first-order valence-electron chi connectivity index (χ1n) is 36.5. The summed E-state index contributed by atoms with van der Waals surface area (Å²) in [5, 5.41) is 188. The highest BCUT2D eigenvalue weighted by molar-refractivity contribution is 7.84. The summed E-state index contributed by atoms with van der Waals surface area (Å²) in [5.74, 6) is -9.52. The summed E-state index contributed by atoms with van der Waals surface area (Å²) in [4.78, 5) is 52.1. The molecule has 0 bridgehead atoms. The smallest absolute Gasteiger partial charge is 0.397 e. The van der Waals surface area contributed by atoms with Gasteiger partial charge in [0.05, 0.1) is 26.4 Å². The number of nitrogens with one attached hydrogen (secondary N) is 4. The van der Waals surface area contributed by atoms with Crippen LogP contribution in [0.5, 0.6) is 0 Å². The average Bonchev–Trinajstić information content (AvgIpc) is 0.769. The minimum Gasteiger partial charge on any atom is -0.479 e. The molecule has 8 saturated heterocycles. The lowest BCUT2D eigenvalue weighted by atomic mass is 9.94. The number of carbonyl (C=O) groups is 4. The van der Waals surface area contributed by atoms with Crippen LogP contribution in [-0.2, 0) is 195 Å². The Kier molecular flexibility index (Phi) is 38.3. The molecule has 8 rings (SSSR count). The molecule has 31 N–H and O–H groups in total. The number of nitrogens with two attached hydrogens (primary N) is 1. The Morgan fingerprint density at radius 3 is 0.710 bits per heavy atom. The van der Waals surface area contributed by atoms with Crippen LogP contribution in [0.4, 0.5) is 0 Å². The van der Waals surface area contributed by atoms with Crippen LogP contribution in [0.2, 0.25) is 0 Å². The molecular weight excluding hydrogens is 2000 g/mol. The first-order chi connectivity index (χ1) is 60.2. The Bertz CT molecular complexity index is 4850. The molecule has 8 aliphatic heterocycles. The van der Waals surface area contributed by atoms with E-state index in [-0.39, 0.29) is 13.0 Å². The number of carboxylic acids is 4. The van der Waals surface area contributed by atoms with Crippen LogP contribution in [-0.4, -0.2) is 499 Å². The van der Waals surface area contributed by atoms with Crippen LogP contribution in [0.25, 0.3) is 0 Å². The van der Waals surface area contributed by atoms with E-state index in [1.54, 1.807) is 0 Å². The lowest BCUT2D eigenvalue weighted by Crippen LogP contribution is -2.71. The first-order valence-corrected chi connectivity index (χ1v) is 47.7. The second kappa shape index (κ2) is 44.8. The molecule has 70 nitrogen and oxygen atoms in total. The fraction of sp³-hybridized carbons (Fsp3) is 0.925. The summed E-state index contributed by atoms with van der Waals surface area (Å²) in [5.41, 5.74) is 5.46. The highest BCUT2D eigenvalue weighted by Gasteiger charge is 2.65. The maximum atomic E-state index is 13.3. The Morgan fingerprint density at radius 2 is 0.489 bits per heavy atom. The Hall–Kier alpha value is -4.36. The van der Waals surface area contributed by atoms with Crippen LogP contribution in [0.3, 0.4) is 0 Å². The molecule has 0 aromatic carbocycles. The van der Waals surface area contributed by atoms with Crippen molar-refractivity contribution in [2.45, 2.75) is 265 Å². The molecule has 0 aromatic rings. The molecule has 0 radical (unpaired) electrons. The summed E-state index contributed by atoms with van der Waals surface area (Å²) in [6.07, 6.45) is -103. The molecule has 764 valence electrons. The van der Waals surface area contributed by atoms with Gasteiger partial charge in [0.15, 0.2) is 99.2 Å². The van der Waals surface area contributed by atoms with Gasteiger partial charge >= 0.3 is 107 Å². The van der Waals surface area contributed by atoms with Gasteiger partial charge in [-0.1, -0.05) is 0 Å². The minimum atomic E-state index is -6.28. The van der Waals surface area contributed by atoms with Gasteiger partial charge in [0.1, 0.15) is 146 Å². The van der Waals surface area contributed by atoms with Gasteiger partial charge in [-0.25, -0.2) is 35.9 Å². The SMILES string of the molecule is NCCCCCO[C@@H]1O[C@H](C(=O)O)[C@@H](O[C@H]2O[C@H](CO)[C@@H](O[C@@H]3O[C@@H](C(=O)O)[C@@H](O[C@H]4O[C@H](CO)[C@@H](O[C@@H]5O[C@H](C(=O)O)[C@@H](O[C@H]6O[C@H](CO)[C@@H](O[C@@H]7O[C@@H](C(=O)O)[C@@H](O[C@H]8O[C@H](CO)[C@@H](O)[C@H](O)[C@H]8NS(=O)(=O)O)[C@H](O)[C@H]7OS(=O)(=O)O)[C@H](O)[C@H]6NS(=O)(=O)O)[C@H](O)[C@H]5OS(=O)(=O)O)[C@H](O)[C@H]4NS(=O)(=O)O)[C@H](O)[C@H]3OS(=O)(=O)O)[C@H](O)[C@H]2NS(=O)(=O)O)[C@H](O)[C@H]1OS(=O)(=O)O. The summed E-state index contributed by atoms with van der Waals surface area (Å²) in [6, 6.07) is -11.4. The van der Waals surface area contributed by atoms with E-state index < -0.39 is 385 Å². The van der Waals surface area contributed by atoms with Crippen molar-refractivity contribution < 1.29 is 302 Å². The van der Waals surface area contributed by atoms with Gasteiger partial charge in [0, 0.05) is 6.61 Å². The van der Waals surface area contributed by atoms with E-state index in [0.717, 1.165) is 0 Å². The number of rotatable bonds is 44. The van der Waals surface area contributed by atoms with Gasteiger partial charge < -0.3 is 168 Å². The zero-order valence-electron chi connectivity index (χ0n) is 64.8. The van der Waals surface area contributed by atoms with Crippen molar-refractivity contribution in [3.63, 3.8) is 0 Å². The number of hydrogen-bond acceptors (Lipinski definition) is 54. The Balaban J connectivity index is 1.06. The predicted molar refractivity (Wildman–Crippen MR) is 385 cm³/mol. The summed E-state index contributed by atoms with van der Waals surface area (Å²) in [6.45, 7) is -6.70. The highest BCUT2D eigenvalue weighted by Crippen LogP contribution is 2.42. The number of hydrogen-bond donors (Lipinski definition) is 30. The normalized spacial score (nSPS) is 41.1. The Labute approximate surface area is 734 Å². The molecular formula is C53H89N5O65S8. The zero-order chi connectivity index (χ0) is 98.7. The monoisotopic (exact) mass is 2090 g/mol. The third-order valence-electron chi connectivity index (χ3n) is 19.7. The van der Waals surface area contributed by atoms with Crippen molar-refractivity contribution in [2.75, 3.05) is 39.6 Å². The van der Waals surface area contributed by atoms with Crippen molar-refractivity contribution in [3.8, 4) is 0 Å². The number of aliphatic hydroxyl groups excluding tert-OH is 13. The van der Waals surface area contributed by atoms with Crippen LogP contribution >= 0.6 is 0 Å². The maximum Gasteiger partial charge on any atom is 0.397 e. The molecule has 40 atom stereocenters. The maximum absolute atomic E-state index is 13.3. The second-order valence-corrected chi connectivity index (χ2v) is 37.7. The standard InChI is InChI=1S/C53H89N5O65S8/c54-4-2-1-3-5-104-50-34(120-128(92,93)94)23(68)30(38(116-50)42(72)73)113-47-15(56-125(83,84)85)20(65)27(11(7-60)106-47)110-52-36(122-130(98,99)100)25(70)32(40(118-52)44(76)77)115-49-17(58-127(89,90)91)22(67)29(13(9-62)108-49)111-53-37(123-131(101,102)103)26(71)33(41(119-53)45(78)79)114-48-16(57-126(86,87)88)21(66)28(12(8-61)107-48)109-51-35(121-129(95,96)97)24(69)31(39(117-51)43(74)75)112-46-14(55-124(80,81)82)19(64)18(63)10(6-59)105-46/h10-41,46-53,55-71H,1-9,54H2,(H,72,73)(H,74,75)(H,76,77)(H,78,79)(H,80,81,82)(H,83,84,85)(H,86,87,88)(H,89,90,91)(H,92,93,94)(H,95,96,97)(H,98,99,100)(H,101,102,103)/t10-,11-,12-,13-,14-,15-,16-,17-,18-,19-,20-,21-,22-,23+,24+,25+,26+,27-,28-,29-,30+,31+,32+,33+,34-,35-,36-,37-,38+,39-,40-,41+,46-,47-,48-,49-,50-,51-,52-,53-/m1/s1. The van der Waals surface area contributed by atoms with E-state index in [4.69, 9.17) is 81.5 Å². The van der Waals surface area contributed by atoms with E-state index >= 15 is 0 Å². The minimum absolute atomic E-state index is 0.100. The molecule has 8 aliphatic rings. The van der Waals surface area contributed by atoms with Gasteiger partial charge in [-0.2, -0.15) is 86.2 Å². The number of carboxylic acid groups (broad SMARTS) is 4. The Morgan fingerprint density at radius 1 is 0.267 bits per heavy atom. The van der Waals surface area contributed by atoms with Gasteiger partial charge in [0.25, 0.3) is 0 Å². The fourth-order valence-corrected chi connectivity index (χ4v) is 18.6. The number of aliphatic carboxylic acids is 4. The lowest BCUT2D eigenvalue weighted by molar-refractivity contribution is -0.379. The first kappa shape index (κ1) is 112. The van der Waals surface area contributed by atoms with E-state index in [0.29, 0.717) is 12.8 Å². The van der Waals surface area contributed by atoms with E-state index in [2.05, 4.69) is 16.7 Å². The summed E-state index contributed by atoms with van der Waals surface area (Å²) >= 11 is 0. The van der Waals surface area contributed by atoms with Crippen molar-refractivity contribution in [1.82, 2.24) is 18.9 Å². The summed E-state index contributed by atoms with van der Waals surface area (Å²) < 4.78 is 388. The predicted octanol–water partition coefficient (Wildman–Crippen LogP) is -20.0. The third-order valence-corrected chi connectivity index (χ3v) is 23.9. The number of unbranched alkanes of at least 4 members (excludes halogenated alkanes) is 2. The molecule has 0 aliphatic carbocycles. The zero-order valence-corrected chi connectivity index (χ0v) is 71.3. The third kappa shape index (κ3) is 29.6. The van der Waals surface area contributed by atoms with Crippen molar-refractivity contribution >= 4 is 107 Å². The van der Waals surface area contributed by atoms with Gasteiger partial charge in [0.2, 0.25) is 0 Å². The van der Waals surface area contributed by atoms with Crippen LogP contribution in [0.1, 0.15) is 19.3 Å². The quantitative estimate of drug-likeness (QED) is 0.0199. The topological polar surface area (TPSA) is 1110 Å². The summed E-state index contributed by atoms with van der Waals surface area (Å²) in [7, 11) is -47.7. The number of aliphatic hydroxyl groups is 13. The highest BCUT2D eigenvalue weighted by atomic mass is 32.3. The van der Waals surface area contributed by atoms with Gasteiger partial charge in [-0.3, -0.25) is 36.4 Å². The fourth-order valence-electron chi connectivity index (χ4n) is 14.3. The van der Waals surface area contributed by atoms with E-state index in [9.17, 15) is 210 Å². The largest absolute Gasteiger partial charge is 0.479 e.